The van der Waals surface area contributed by atoms with E-state index in [-0.39, 0.29) is 5.60 Å². The van der Waals surface area contributed by atoms with E-state index in [1.165, 1.54) is 11.1 Å². The Morgan fingerprint density at radius 2 is 1.84 bits per heavy atom. The Morgan fingerprint density at radius 3 is 2.37 bits per heavy atom. The Kier molecular flexibility index (Phi) is 4.97. The third-order valence-corrected chi connectivity index (χ3v) is 3.97. The van der Waals surface area contributed by atoms with Crippen LogP contribution < -0.4 is 5.73 Å². The molecule has 1 fully saturated rings. The van der Waals surface area contributed by atoms with Crippen LogP contribution in [0, 0.1) is 0 Å². The molecule has 0 radical (unpaired) electrons. The average Bonchev–Trinajstić information content (AvgIpc) is 2.46. The average molecular weight is 263 g/mol. The predicted molar refractivity (Wildman–Crippen MR) is 77.2 cm³/mol. The van der Waals surface area contributed by atoms with Crippen molar-refractivity contribution in [3.8, 4) is 0 Å². The van der Waals surface area contributed by atoms with Crippen LogP contribution in [-0.4, -0.2) is 25.4 Å². The first-order valence-electron chi connectivity index (χ1n) is 7.16. The molecule has 0 aliphatic carbocycles. The van der Waals surface area contributed by atoms with Crippen LogP contribution in [0.2, 0.25) is 0 Å². The molecule has 1 heterocycles. The molecule has 0 atom stereocenters. The van der Waals surface area contributed by atoms with E-state index < -0.39 is 0 Å². The van der Waals surface area contributed by atoms with E-state index in [4.69, 9.17) is 15.2 Å². The summed E-state index contributed by atoms with van der Waals surface area (Å²) < 4.78 is 11.5. The second-order valence-electron chi connectivity index (χ2n) is 5.68. The van der Waals surface area contributed by atoms with Gasteiger partial charge in [-0.15, -0.1) is 0 Å². The summed E-state index contributed by atoms with van der Waals surface area (Å²) in [5, 5.41) is 0. The Bertz CT molecular complexity index is 380. The van der Waals surface area contributed by atoms with Crippen molar-refractivity contribution >= 4 is 0 Å². The standard InChI is InChI=1S/C16H25NO2/c1-13(2)15-5-3-14(4-6-15)11-19-16(12-17)7-9-18-10-8-16/h3-6,13H,7-12,17H2,1-2H3. The smallest absolute Gasteiger partial charge is 0.0852 e. The molecule has 19 heavy (non-hydrogen) atoms. The molecule has 1 aromatic rings. The molecular weight excluding hydrogens is 238 g/mol. The molecule has 106 valence electrons. The molecule has 0 amide bonds. The van der Waals surface area contributed by atoms with Crippen LogP contribution in [0.25, 0.3) is 0 Å². The van der Waals surface area contributed by atoms with Gasteiger partial charge in [-0.3, -0.25) is 0 Å². The normalized spacial score (nSPS) is 18.7. The van der Waals surface area contributed by atoms with Gasteiger partial charge in [0.2, 0.25) is 0 Å². The molecule has 2 rings (SSSR count). The first-order valence-corrected chi connectivity index (χ1v) is 7.16. The number of hydrogen-bond acceptors (Lipinski definition) is 3. The lowest BCUT2D eigenvalue weighted by atomic mass is 9.94. The summed E-state index contributed by atoms with van der Waals surface area (Å²) in [4.78, 5) is 0. The van der Waals surface area contributed by atoms with Crippen LogP contribution in [0.5, 0.6) is 0 Å². The van der Waals surface area contributed by atoms with Crippen molar-refractivity contribution in [1.82, 2.24) is 0 Å². The monoisotopic (exact) mass is 263 g/mol. The molecule has 0 spiro atoms. The Hall–Kier alpha value is -0.900. The van der Waals surface area contributed by atoms with Crippen molar-refractivity contribution in [3.63, 3.8) is 0 Å². The lowest BCUT2D eigenvalue weighted by Crippen LogP contribution is -2.45. The van der Waals surface area contributed by atoms with Gasteiger partial charge in [0.25, 0.3) is 0 Å². The van der Waals surface area contributed by atoms with E-state index in [9.17, 15) is 0 Å². The van der Waals surface area contributed by atoms with Crippen LogP contribution in [0.15, 0.2) is 24.3 Å². The molecule has 2 N–H and O–H groups in total. The second-order valence-corrected chi connectivity index (χ2v) is 5.68. The maximum Gasteiger partial charge on any atom is 0.0852 e. The zero-order valence-corrected chi connectivity index (χ0v) is 12.0. The second kappa shape index (κ2) is 6.51. The molecule has 1 aromatic carbocycles. The van der Waals surface area contributed by atoms with Crippen molar-refractivity contribution in [2.75, 3.05) is 19.8 Å². The molecule has 0 saturated carbocycles. The summed E-state index contributed by atoms with van der Waals surface area (Å²) in [6, 6.07) is 8.67. The first kappa shape index (κ1) is 14.5. The van der Waals surface area contributed by atoms with Gasteiger partial charge in [0.15, 0.2) is 0 Å². The number of ether oxygens (including phenoxy) is 2. The van der Waals surface area contributed by atoms with E-state index in [1.54, 1.807) is 0 Å². The lowest BCUT2D eigenvalue weighted by molar-refractivity contribution is -0.112. The van der Waals surface area contributed by atoms with Gasteiger partial charge in [0, 0.05) is 32.6 Å². The number of rotatable bonds is 5. The van der Waals surface area contributed by atoms with E-state index in [0.29, 0.717) is 19.1 Å². The fourth-order valence-electron chi connectivity index (χ4n) is 2.39. The first-order chi connectivity index (χ1) is 9.15. The fraction of sp³-hybridized carbons (Fsp3) is 0.625. The van der Waals surface area contributed by atoms with Gasteiger partial charge in [-0.2, -0.15) is 0 Å². The third kappa shape index (κ3) is 3.78. The van der Waals surface area contributed by atoms with Crippen molar-refractivity contribution in [2.24, 2.45) is 5.73 Å². The van der Waals surface area contributed by atoms with Crippen molar-refractivity contribution in [1.29, 1.82) is 0 Å². The molecule has 0 unspecified atom stereocenters. The minimum Gasteiger partial charge on any atom is -0.381 e. The predicted octanol–water partition coefficient (Wildman–Crippen LogP) is 2.83. The van der Waals surface area contributed by atoms with Crippen LogP contribution in [0.1, 0.15) is 43.7 Å². The Balaban J connectivity index is 1.93. The van der Waals surface area contributed by atoms with E-state index in [0.717, 1.165) is 26.1 Å². The van der Waals surface area contributed by atoms with Gasteiger partial charge < -0.3 is 15.2 Å². The highest BCUT2D eigenvalue weighted by Crippen LogP contribution is 2.25. The molecular formula is C16H25NO2. The van der Waals surface area contributed by atoms with Crippen molar-refractivity contribution in [3.05, 3.63) is 35.4 Å². The summed E-state index contributed by atoms with van der Waals surface area (Å²) in [5.41, 5.74) is 8.28. The highest BCUT2D eigenvalue weighted by molar-refractivity contribution is 5.24. The van der Waals surface area contributed by atoms with Gasteiger partial charge in [0.1, 0.15) is 0 Å². The zero-order chi connectivity index (χ0) is 13.7. The number of hydrogen-bond donors (Lipinski definition) is 1. The Morgan fingerprint density at radius 1 is 1.21 bits per heavy atom. The van der Waals surface area contributed by atoms with Crippen molar-refractivity contribution < 1.29 is 9.47 Å². The highest BCUT2D eigenvalue weighted by atomic mass is 16.5. The van der Waals surface area contributed by atoms with Crippen molar-refractivity contribution in [2.45, 2.75) is 44.8 Å². The quantitative estimate of drug-likeness (QED) is 0.888. The van der Waals surface area contributed by atoms with Gasteiger partial charge in [0.05, 0.1) is 12.2 Å². The highest BCUT2D eigenvalue weighted by Gasteiger charge is 2.32. The SMILES string of the molecule is CC(C)c1ccc(COC2(CN)CCOCC2)cc1. The van der Waals surface area contributed by atoms with E-state index in [1.807, 2.05) is 0 Å². The Labute approximate surface area is 116 Å². The molecule has 1 aliphatic rings. The van der Waals surface area contributed by atoms with E-state index >= 15 is 0 Å². The fourth-order valence-corrected chi connectivity index (χ4v) is 2.39. The number of benzene rings is 1. The molecule has 1 aliphatic heterocycles. The van der Waals surface area contributed by atoms with E-state index in [2.05, 4.69) is 38.1 Å². The number of nitrogens with two attached hydrogens (primary N) is 1. The molecule has 3 heteroatoms. The summed E-state index contributed by atoms with van der Waals surface area (Å²) in [7, 11) is 0. The third-order valence-electron chi connectivity index (χ3n) is 3.97. The van der Waals surface area contributed by atoms with Crippen LogP contribution >= 0.6 is 0 Å². The minimum absolute atomic E-state index is 0.186. The summed E-state index contributed by atoms with van der Waals surface area (Å²) in [6.07, 6.45) is 1.79. The maximum atomic E-state index is 6.10. The molecule has 0 bridgehead atoms. The van der Waals surface area contributed by atoms with Gasteiger partial charge >= 0.3 is 0 Å². The zero-order valence-electron chi connectivity index (χ0n) is 12.0. The summed E-state index contributed by atoms with van der Waals surface area (Å²) in [5.74, 6) is 0.570. The van der Waals surface area contributed by atoms with Crippen LogP contribution in [0.4, 0.5) is 0 Å². The molecule has 3 nitrogen and oxygen atoms in total. The minimum atomic E-state index is -0.186. The van der Waals surface area contributed by atoms with Crippen LogP contribution in [0.3, 0.4) is 0 Å². The van der Waals surface area contributed by atoms with Gasteiger partial charge in [-0.1, -0.05) is 38.1 Å². The maximum absolute atomic E-state index is 6.10. The molecule has 0 aromatic heterocycles. The topological polar surface area (TPSA) is 44.5 Å². The summed E-state index contributed by atoms with van der Waals surface area (Å²) in [6.45, 7) is 7.12. The largest absolute Gasteiger partial charge is 0.381 e. The molecule has 1 saturated heterocycles. The lowest BCUT2D eigenvalue weighted by Gasteiger charge is -2.36. The van der Waals surface area contributed by atoms with Gasteiger partial charge in [-0.25, -0.2) is 0 Å². The summed E-state index contributed by atoms with van der Waals surface area (Å²) >= 11 is 0. The van der Waals surface area contributed by atoms with Gasteiger partial charge in [-0.05, 0) is 17.0 Å². The van der Waals surface area contributed by atoms with Crippen LogP contribution in [-0.2, 0) is 16.1 Å².